The van der Waals surface area contributed by atoms with Crippen molar-refractivity contribution < 1.29 is 103 Å². The van der Waals surface area contributed by atoms with Gasteiger partial charge in [0.1, 0.15) is 42.9 Å². The predicted molar refractivity (Wildman–Crippen MR) is 333 cm³/mol. The lowest BCUT2D eigenvalue weighted by Gasteiger charge is -2.32. The number of aliphatic carboxylic acids is 8. The first kappa shape index (κ1) is 80.3. The van der Waals surface area contributed by atoms with Crippen LogP contribution in [0.2, 0.25) is 0 Å². The summed E-state index contributed by atoms with van der Waals surface area (Å²) < 4.78 is 2.93. The summed E-state index contributed by atoms with van der Waals surface area (Å²) in [5.74, 6) is -10.5. The van der Waals surface area contributed by atoms with E-state index in [9.17, 15) is 98.1 Å². The average molecular weight is 1350 g/mol. The number of carbonyl (C=O) groups excluding carboxylic acids is 5. The molecular weight excluding hydrogens is 1260 g/mol. The summed E-state index contributed by atoms with van der Waals surface area (Å²) in [4.78, 5) is 175. The van der Waals surface area contributed by atoms with E-state index in [4.69, 9.17) is 10.8 Å². The second-order valence-electron chi connectivity index (χ2n) is 23.0. The summed E-state index contributed by atoms with van der Waals surface area (Å²) in [7, 11) is 0. The van der Waals surface area contributed by atoms with Crippen molar-refractivity contribution in [1.29, 1.82) is 0 Å². The van der Waals surface area contributed by atoms with Crippen LogP contribution in [-0.2, 0) is 83.7 Å². The summed E-state index contributed by atoms with van der Waals surface area (Å²) in [6, 6.07) is -6.17. The number of imidazole rings is 2. The molecule has 0 bridgehead atoms. The SMILES string of the molecule is N[C@@H](CCCCNC(=O)CN1CCN(CC(=O)O)CCN(CC(=O)O)CCN(CC(=O)O)CC1)C(=O)N[C@@H](CCCCN(Cc1nccn1CC(=O)O)Cc1nccn1CC(=O)O)C(=O)NCCCCCC(=O)NCCCC[C@H](NC(=O)N[C@@H](CCC(=O)O)C(=O)O)C(=O)O. The van der Waals surface area contributed by atoms with Crippen LogP contribution in [0, 0.1) is 0 Å². The van der Waals surface area contributed by atoms with Crippen molar-refractivity contribution in [2.24, 2.45) is 5.73 Å². The first-order valence-corrected chi connectivity index (χ1v) is 31.5. The van der Waals surface area contributed by atoms with Gasteiger partial charge in [0.2, 0.25) is 23.6 Å². The molecule has 532 valence electrons. The number of amides is 6. The second kappa shape index (κ2) is 44.6. The maximum absolute atomic E-state index is 13.9. The van der Waals surface area contributed by atoms with Gasteiger partial charge in [-0.2, -0.15) is 0 Å². The zero-order valence-electron chi connectivity index (χ0n) is 53.4. The highest BCUT2D eigenvalue weighted by atomic mass is 16.4. The Morgan fingerprint density at radius 1 is 0.421 bits per heavy atom. The zero-order chi connectivity index (χ0) is 70.2. The second-order valence-corrected chi connectivity index (χ2v) is 23.0. The molecule has 3 heterocycles. The van der Waals surface area contributed by atoms with E-state index >= 15 is 0 Å². The normalized spacial score (nSPS) is 15.0. The molecule has 0 spiro atoms. The van der Waals surface area contributed by atoms with Gasteiger partial charge in [0.15, 0.2) is 0 Å². The van der Waals surface area contributed by atoms with Crippen molar-refractivity contribution in [3.63, 3.8) is 0 Å². The molecule has 2 aromatic heterocycles. The van der Waals surface area contributed by atoms with Gasteiger partial charge in [-0.1, -0.05) is 6.42 Å². The molecule has 1 aliphatic heterocycles. The Labute approximate surface area is 548 Å². The highest BCUT2D eigenvalue weighted by Crippen LogP contribution is 2.14. The lowest BCUT2D eigenvalue weighted by atomic mass is 10.1. The molecule has 37 heteroatoms. The van der Waals surface area contributed by atoms with Crippen molar-refractivity contribution in [1.82, 2.24) is 75.5 Å². The standard InChI is InChI=1S/C58H94N16O21/c59-40(10-3-7-17-63-47(76)34-68-24-26-69(35-49(79)80)28-30-71(37-51(83)84)31-29-70(27-25-68)36-50(81)82)54(89)65-41(11-5-9-21-72(32-44-60-19-22-73(44)38-52(85)86)33-45-61-20-23-74(45)39-53(87)88)55(90)64-18-6-1-2-13-46(75)62-16-8-4-12-42(56(91)92)66-58(95)67-43(57(93)94)14-15-48(77)78/h19-20,22-23,40-43H,1-18,21,24-39,59H2,(H,62,75)(H,63,76)(H,64,90)(H,65,89)(H,77,78)(H,79,80)(H,81,82)(H,83,84)(H,85,86)(H,87,88)(H,91,92)(H,93,94)(H2,66,67,95)/t40-,41-,42-,43-/m0/s1. The number of hydrogen-bond acceptors (Lipinski definition) is 21. The summed E-state index contributed by atoms with van der Waals surface area (Å²) in [5.41, 5.74) is 6.38. The molecule has 3 rings (SSSR count). The van der Waals surface area contributed by atoms with Crippen molar-refractivity contribution >= 4 is 77.4 Å². The van der Waals surface area contributed by atoms with E-state index < -0.39 is 103 Å². The van der Waals surface area contributed by atoms with E-state index in [1.807, 2.05) is 4.90 Å². The van der Waals surface area contributed by atoms with E-state index in [1.54, 1.807) is 19.6 Å². The molecule has 6 amide bonds. The smallest absolute Gasteiger partial charge is 0.326 e. The van der Waals surface area contributed by atoms with E-state index in [-0.39, 0.29) is 168 Å². The van der Waals surface area contributed by atoms with E-state index in [0.29, 0.717) is 69.6 Å². The Kier molecular flexibility index (Phi) is 37.7. The van der Waals surface area contributed by atoms with Crippen molar-refractivity contribution in [2.45, 2.75) is 147 Å². The Hall–Kier alpha value is -8.91. The molecule has 16 N–H and O–H groups in total. The number of nitrogens with zero attached hydrogens (tertiary/aromatic N) is 9. The van der Waals surface area contributed by atoms with Crippen LogP contribution in [0.4, 0.5) is 4.79 Å². The lowest BCUT2D eigenvalue weighted by Crippen LogP contribution is -2.51. The minimum absolute atomic E-state index is 0.0550. The number of urea groups is 1. The molecule has 0 radical (unpaired) electrons. The largest absolute Gasteiger partial charge is 0.481 e. The summed E-state index contributed by atoms with van der Waals surface area (Å²) in [6.07, 6.45) is 9.03. The number of rotatable bonds is 47. The summed E-state index contributed by atoms with van der Waals surface area (Å²) >= 11 is 0. The van der Waals surface area contributed by atoms with E-state index in [1.165, 1.54) is 33.9 Å². The summed E-state index contributed by atoms with van der Waals surface area (Å²) in [6.45, 7) is 1.29. The molecule has 1 fully saturated rings. The zero-order valence-corrected chi connectivity index (χ0v) is 53.4. The highest BCUT2D eigenvalue weighted by molar-refractivity contribution is 5.90. The number of carboxylic acid groups (broad SMARTS) is 8. The quantitative estimate of drug-likeness (QED) is 0.0294. The van der Waals surface area contributed by atoms with E-state index in [0.717, 1.165) is 0 Å². The first-order valence-electron chi connectivity index (χ1n) is 31.5. The van der Waals surface area contributed by atoms with Gasteiger partial charge in [-0.3, -0.25) is 72.4 Å². The third-order valence-corrected chi connectivity index (χ3v) is 15.2. The van der Waals surface area contributed by atoms with Gasteiger partial charge < -0.3 is 87.6 Å². The van der Waals surface area contributed by atoms with Crippen LogP contribution in [0.5, 0.6) is 0 Å². The monoisotopic (exact) mass is 1350 g/mol. The highest BCUT2D eigenvalue weighted by Gasteiger charge is 2.28. The number of nitrogens with two attached hydrogens (primary N) is 1. The summed E-state index contributed by atoms with van der Waals surface area (Å²) in [5, 5.41) is 90.7. The van der Waals surface area contributed by atoms with Crippen molar-refractivity contribution in [3.05, 3.63) is 36.4 Å². The number of carboxylic acids is 8. The Morgan fingerprint density at radius 2 is 0.832 bits per heavy atom. The fourth-order valence-electron chi connectivity index (χ4n) is 10.2. The number of aromatic nitrogens is 4. The van der Waals surface area contributed by atoms with Gasteiger partial charge in [-0.05, 0) is 83.6 Å². The molecular formula is C58H94N16O21. The fourth-order valence-corrected chi connectivity index (χ4v) is 10.2. The molecule has 1 saturated heterocycles. The fraction of sp³-hybridized carbons (Fsp3) is 0.672. The van der Waals surface area contributed by atoms with Gasteiger partial charge >= 0.3 is 53.8 Å². The predicted octanol–water partition coefficient (Wildman–Crippen LogP) is -2.97. The Bertz CT molecular complexity index is 2730. The molecule has 0 aromatic carbocycles. The molecule has 1 aliphatic rings. The van der Waals surface area contributed by atoms with Gasteiger partial charge in [0.25, 0.3) is 0 Å². The molecule has 2 aromatic rings. The minimum Gasteiger partial charge on any atom is -0.481 e. The van der Waals surface area contributed by atoms with Crippen LogP contribution in [0.15, 0.2) is 24.8 Å². The molecule has 37 nitrogen and oxygen atoms in total. The van der Waals surface area contributed by atoms with Gasteiger partial charge in [0, 0.05) is 110 Å². The maximum atomic E-state index is 13.9. The number of carbonyl (C=O) groups is 13. The van der Waals surface area contributed by atoms with Crippen LogP contribution in [0.25, 0.3) is 0 Å². The van der Waals surface area contributed by atoms with Gasteiger partial charge in [0.05, 0.1) is 45.3 Å². The third-order valence-electron chi connectivity index (χ3n) is 15.2. The van der Waals surface area contributed by atoms with Crippen molar-refractivity contribution in [3.8, 4) is 0 Å². The van der Waals surface area contributed by atoms with Gasteiger partial charge in [-0.15, -0.1) is 0 Å². The van der Waals surface area contributed by atoms with Gasteiger partial charge in [-0.25, -0.2) is 24.4 Å². The van der Waals surface area contributed by atoms with Crippen LogP contribution >= 0.6 is 0 Å². The number of hydrogen-bond donors (Lipinski definition) is 15. The van der Waals surface area contributed by atoms with Crippen LogP contribution in [-0.4, -0.2) is 291 Å². The molecule has 0 saturated carbocycles. The molecule has 4 atom stereocenters. The topological polar surface area (TPSA) is 534 Å². The molecule has 0 unspecified atom stereocenters. The third kappa shape index (κ3) is 35.8. The number of nitrogens with one attached hydrogen (secondary N) is 6. The molecule has 0 aliphatic carbocycles. The average Bonchev–Trinajstić information content (AvgIpc) is 1.77. The molecule has 95 heavy (non-hydrogen) atoms. The van der Waals surface area contributed by atoms with Crippen LogP contribution in [0.1, 0.15) is 108 Å². The number of unbranched alkanes of at least 4 members (excludes halogenated alkanes) is 5. The Morgan fingerprint density at radius 3 is 1.29 bits per heavy atom. The van der Waals surface area contributed by atoms with Crippen LogP contribution < -0.4 is 37.6 Å². The lowest BCUT2D eigenvalue weighted by molar-refractivity contribution is -0.141. The van der Waals surface area contributed by atoms with Crippen LogP contribution in [0.3, 0.4) is 0 Å². The van der Waals surface area contributed by atoms with Crippen molar-refractivity contribution in [2.75, 3.05) is 105 Å². The minimum atomic E-state index is -1.56. The first-order chi connectivity index (χ1) is 45.2. The maximum Gasteiger partial charge on any atom is 0.326 e. The Balaban J connectivity index is 1.58. The van der Waals surface area contributed by atoms with E-state index in [2.05, 4.69) is 41.9 Å².